The molecular formula is C25H24FN7O2. The van der Waals surface area contributed by atoms with Crippen LogP contribution in [0.1, 0.15) is 42.6 Å². The number of benzene rings is 1. The van der Waals surface area contributed by atoms with E-state index < -0.39 is 11.7 Å². The molecule has 5 aromatic rings. The number of pyridine rings is 1. The van der Waals surface area contributed by atoms with Crippen molar-refractivity contribution >= 4 is 17.1 Å². The number of carbonyl (C=O) groups excluding carboxylic acids is 1. The van der Waals surface area contributed by atoms with E-state index in [1.54, 1.807) is 41.3 Å². The normalized spacial score (nSPS) is 11.8. The minimum atomic E-state index is -0.451. The number of H-pyrrole nitrogens is 1. The number of nitrogens with one attached hydrogen (secondary N) is 2. The molecule has 0 radical (unpaired) electrons. The summed E-state index contributed by atoms with van der Waals surface area (Å²) in [5.74, 6) is -0.162. The molecule has 9 nitrogen and oxygen atoms in total. The SMILES string of the molecule is Cn1cc(-c2nc3nccc(-c4ccc(CNC(=O)c5cc(C(C)(C)C)no5)c(F)c4)c3[nH]2)cn1. The largest absolute Gasteiger partial charge is 0.351 e. The molecule has 0 aliphatic rings. The van der Waals surface area contributed by atoms with E-state index in [1.807, 2.05) is 34.0 Å². The number of amides is 1. The van der Waals surface area contributed by atoms with Crippen LogP contribution in [0.4, 0.5) is 4.39 Å². The number of fused-ring (bicyclic) bond motifs is 1. The van der Waals surface area contributed by atoms with Gasteiger partial charge in [-0.05, 0) is 17.7 Å². The Kier molecular flexibility index (Phi) is 5.43. The molecule has 0 saturated heterocycles. The highest BCUT2D eigenvalue weighted by Crippen LogP contribution is 2.29. The maximum atomic E-state index is 15.0. The maximum absolute atomic E-state index is 15.0. The van der Waals surface area contributed by atoms with Crippen LogP contribution in [0.3, 0.4) is 0 Å². The van der Waals surface area contributed by atoms with E-state index in [0.717, 1.165) is 11.1 Å². The van der Waals surface area contributed by atoms with Gasteiger partial charge in [0.1, 0.15) is 11.6 Å². The van der Waals surface area contributed by atoms with Gasteiger partial charge in [-0.25, -0.2) is 14.4 Å². The fraction of sp³-hybridized carbons (Fsp3) is 0.240. The third-order valence-corrected chi connectivity index (χ3v) is 5.68. The van der Waals surface area contributed by atoms with Gasteiger partial charge >= 0.3 is 0 Å². The summed E-state index contributed by atoms with van der Waals surface area (Å²) in [5.41, 5.74) is 4.27. The smallest absolute Gasteiger partial charge is 0.290 e. The molecule has 1 aromatic carbocycles. The van der Waals surface area contributed by atoms with Crippen LogP contribution in [0.25, 0.3) is 33.7 Å². The van der Waals surface area contributed by atoms with Gasteiger partial charge in [-0.1, -0.05) is 38.1 Å². The van der Waals surface area contributed by atoms with Gasteiger partial charge in [0.15, 0.2) is 5.65 Å². The predicted octanol–water partition coefficient (Wildman–Crippen LogP) is 4.38. The molecule has 0 bridgehead atoms. The first-order valence-corrected chi connectivity index (χ1v) is 11.1. The quantitative estimate of drug-likeness (QED) is 0.392. The lowest BCUT2D eigenvalue weighted by Crippen LogP contribution is -2.23. The van der Waals surface area contributed by atoms with Crippen molar-refractivity contribution in [3.63, 3.8) is 0 Å². The molecule has 0 unspecified atom stereocenters. The lowest BCUT2D eigenvalue weighted by Gasteiger charge is -2.12. The maximum Gasteiger partial charge on any atom is 0.290 e. The third kappa shape index (κ3) is 4.42. The molecule has 0 atom stereocenters. The van der Waals surface area contributed by atoms with Gasteiger partial charge in [0.05, 0.1) is 23.0 Å². The van der Waals surface area contributed by atoms with Crippen LogP contribution in [0, 0.1) is 5.82 Å². The fourth-order valence-electron chi connectivity index (χ4n) is 3.69. The Labute approximate surface area is 200 Å². The zero-order chi connectivity index (χ0) is 24.7. The number of rotatable bonds is 5. The highest BCUT2D eigenvalue weighted by atomic mass is 19.1. The summed E-state index contributed by atoms with van der Waals surface area (Å²) in [4.78, 5) is 24.6. The molecule has 4 aromatic heterocycles. The topological polar surface area (TPSA) is 115 Å². The number of aromatic amines is 1. The van der Waals surface area contributed by atoms with Crippen molar-refractivity contribution in [3.05, 3.63) is 71.8 Å². The number of nitrogens with zero attached hydrogens (tertiary/aromatic N) is 5. The van der Waals surface area contributed by atoms with Crippen LogP contribution in [-0.4, -0.2) is 35.8 Å². The van der Waals surface area contributed by atoms with Gasteiger partial charge in [0.25, 0.3) is 5.91 Å². The molecule has 4 heterocycles. The first-order valence-electron chi connectivity index (χ1n) is 11.1. The van der Waals surface area contributed by atoms with E-state index in [2.05, 4.69) is 30.5 Å². The Balaban J connectivity index is 1.36. The van der Waals surface area contributed by atoms with Crippen LogP contribution in [0.5, 0.6) is 0 Å². The Morgan fingerprint density at radius 2 is 2.03 bits per heavy atom. The summed E-state index contributed by atoms with van der Waals surface area (Å²) in [5, 5.41) is 10.8. The lowest BCUT2D eigenvalue weighted by molar-refractivity contribution is 0.0913. The molecule has 1 amide bonds. The Bertz CT molecular complexity index is 1540. The standard InChI is InChI=1S/C25H24FN7O2/c1-25(2,3)20-10-19(35-32-20)24(34)28-11-15-6-5-14(9-18(15)26)17-7-8-27-23-21(17)30-22(31-23)16-12-29-33(4)13-16/h5-10,12-13H,11H2,1-4H3,(H,28,34)(H,27,30,31). The van der Waals surface area contributed by atoms with Crippen LogP contribution >= 0.6 is 0 Å². The molecular weight excluding hydrogens is 449 g/mol. The van der Waals surface area contributed by atoms with Crippen molar-refractivity contribution < 1.29 is 13.7 Å². The van der Waals surface area contributed by atoms with Gasteiger partial charge in [-0.3, -0.25) is 9.48 Å². The van der Waals surface area contributed by atoms with Gasteiger partial charge < -0.3 is 14.8 Å². The second kappa shape index (κ2) is 8.46. The number of hydrogen-bond acceptors (Lipinski definition) is 6. The first kappa shape index (κ1) is 22.5. The van der Waals surface area contributed by atoms with Crippen LogP contribution in [0.15, 0.2) is 53.4 Å². The number of halogens is 1. The average Bonchev–Trinajstić information content (AvgIpc) is 3.56. The Morgan fingerprint density at radius 3 is 2.71 bits per heavy atom. The van der Waals surface area contributed by atoms with E-state index in [9.17, 15) is 9.18 Å². The van der Waals surface area contributed by atoms with E-state index in [1.165, 1.54) is 6.07 Å². The van der Waals surface area contributed by atoms with Crippen LogP contribution < -0.4 is 5.32 Å². The minimum absolute atomic E-state index is 0.0114. The van der Waals surface area contributed by atoms with Gasteiger partial charge in [0.2, 0.25) is 5.76 Å². The summed E-state index contributed by atoms with van der Waals surface area (Å²) in [6.45, 7) is 5.94. The molecule has 2 N–H and O–H groups in total. The summed E-state index contributed by atoms with van der Waals surface area (Å²) >= 11 is 0. The molecule has 0 spiro atoms. The van der Waals surface area contributed by atoms with Crippen molar-refractivity contribution in [2.24, 2.45) is 7.05 Å². The first-order chi connectivity index (χ1) is 16.7. The summed E-state index contributed by atoms with van der Waals surface area (Å²) in [6, 6.07) is 8.30. The third-order valence-electron chi connectivity index (χ3n) is 5.68. The van der Waals surface area contributed by atoms with Crippen LogP contribution in [0.2, 0.25) is 0 Å². The zero-order valence-corrected chi connectivity index (χ0v) is 19.8. The summed E-state index contributed by atoms with van der Waals surface area (Å²) in [7, 11) is 1.83. The van der Waals surface area contributed by atoms with Gasteiger partial charge in [-0.2, -0.15) is 5.10 Å². The minimum Gasteiger partial charge on any atom is -0.351 e. The highest BCUT2D eigenvalue weighted by molar-refractivity contribution is 5.92. The monoisotopic (exact) mass is 473 g/mol. The number of aromatic nitrogens is 6. The van der Waals surface area contributed by atoms with Crippen molar-refractivity contribution in [3.8, 4) is 22.5 Å². The summed E-state index contributed by atoms with van der Waals surface area (Å²) in [6.07, 6.45) is 5.20. The van der Waals surface area contributed by atoms with Crippen molar-refractivity contribution in [1.82, 2.24) is 35.2 Å². The fourth-order valence-corrected chi connectivity index (χ4v) is 3.69. The van der Waals surface area contributed by atoms with Crippen molar-refractivity contribution in [2.45, 2.75) is 32.7 Å². The zero-order valence-electron chi connectivity index (χ0n) is 19.8. The molecule has 0 saturated carbocycles. The van der Waals surface area contributed by atoms with Gasteiger partial charge in [-0.15, -0.1) is 0 Å². The number of imidazole rings is 1. The number of carbonyl (C=O) groups is 1. The molecule has 0 fully saturated rings. The second-order valence-electron chi connectivity index (χ2n) is 9.36. The Hall–Kier alpha value is -4.34. The molecule has 35 heavy (non-hydrogen) atoms. The number of aryl methyl sites for hydroxylation is 1. The molecule has 10 heteroatoms. The van der Waals surface area contributed by atoms with Crippen molar-refractivity contribution in [2.75, 3.05) is 0 Å². The van der Waals surface area contributed by atoms with E-state index >= 15 is 0 Å². The molecule has 0 aliphatic carbocycles. The van der Waals surface area contributed by atoms with E-state index in [4.69, 9.17) is 4.52 Å². The predicted molar refractivity (Wildman–Crippen MR) is 128 cm³/mol. The second-order valence-corrected chi connectivity index (χ2v) is 9.36. The molecule has 178 valence electrons. The molecule has 5 rings (SSSR count). The number of hydrogen-bond donors (Lipinski definition) is 2. The highest BCUT2D eigenvalue weighted by Gasteiger charge is 2.22. The van der Waals surface area contributed by atoms with E-state index in [0.29, 0.717) is 33.8 Å². The molecule has 0 aliphatic heterocycles. The Morgan fingerprint density at radius 1 is 1.20 bits per heavy atom. The lowest BCUT2D eigenvalue weighted by atomic mass is 9.92. The van der Waals surface area contributed by atoms with Crippen LogP contribution in [-0.2, 0) is 19.0 Å². The van der Waals surface area contributed by atoms with Gasteiger partial charge in [0, 0.05) is 48.6 Å². The van der Waals surface area contributed by atoms with E-state index in [-0.39, 0.29) is 17.7 Å². The summed E-state index contributed by atoms with van der Waals surface area (Å²) < 4.78 is 21.8. The van der Waals surface area contributed by atoms with Crippen molar-refractivity contribution in [1.29, 1.82) is 0 Å². The average molecular weight is 474 g/mol.